The molecule has 28 heavy (non-hydrogen) atoms. The Labute approximate surface area is 174 Å². The lowest BCUT2D eigenvalue weighted by Crippen LogP contribution is -2.50. The molecule has 5 nitrogen and oxygen atoms in total. The molecule has 0 bridgehead atoms. The zero-order chi connectivity index (χ0) is 20.1. The highest BCUT2D eigenvalue weighted by atomic mass is 35.5. The van der Waals surface area contributed by atoms with Gasteiger partial charge in [-0.25, -0.2) is 0 Å². The maximum absolute atomic E-state index is 12.9. The van der Waals surface area contributed by atoms with E-state index in [0.29, 0.717) is 34.4 Å². The van der Waals surface area contributed by atoms with Crippen molar-refractivity contribution in [1.82, 2.24) is 4.90 Å². The molecule has 1 fully saturated rings. The summed E-state index contributed by atoms with van der Waals surface area (Å²) in [6.45, 7) is 1.30. The van der Waals surface area contributed by atoms with Gasteiger partial charge in [-0.1, -0.05) is 29.3 Å². The lowest BCUT2D eigenvalue weighted by atomic mass is 9.77. The molecule has 0 aromatic heterocycles. The Morgan fingerprint density at radius 1 is 1.11 bits per heavy atom. The van der Waals surface area contributed by atoms with Crippen LogP contribution in [0.1, 0.15) is 29.6 Å². The van der Waals surface area contributed by atoms with E-state index in [9.17, 15) is 9.59 Å². The maximum atomic E-state index is 12.9. The molecule has 2 amide bonds. The third kappa shape index (κ3) is 5.18. The summed E-state index contributed by atoms with van der Waals surface area (Å²) in [5.74, 6) is 0.144. The van der Waals surface area contributed by atoms with Crippen LogP contribution in [-0.4, -0.2) is 36.4 Å². The van der Waals surface area contributed by atoms with Crippen LogP contribution in [0.25, 0.3) is 0 Å². The van der Waals surface area contributed by atoms with Crippen molar-refractivity contribution in [3.05, 3.63) is 64.1 Å². The van der Waals surface area contributed by atoms with Crippen molar-refractivity contribution >= 4 is 35.0 Å². The molecule has 0 unspecified atom stereocenters. The molecule has 2 aromatic carbocycles. The van der Waals surface area contributed by atoms with Crippen LogP contribution in [0.5, 0.6) is 5.75 Å². The van der Waals surface area contributed by atoms with Crippen LogP contribution in [-0.2, 0) is 4.79 Å². The molecule has 2 N–H and O–H groups in total. The third-order valence-electron chi connectivity index (χ3n) is 4.93. The summed E-state index contributed by atoms with van der Waals surface area (Å²) in [6, 6.07) is 13.9. The van der Waals surface area contributed by atoms with Crippen LogP contribution in [0.4, 0.5) is 0 Å². The highest BCUT2D eigenvalue weighted by molar-refractivity contribution is 6.31. The zero-order valence-corrected chi connectivity index (χ0v) is 16.9. The molecule has 0 saturated carbocycles. The molecule has 1 atom stereocenters. The van der Waals surface area contributed by atoms with Gasteiger partial charge in [0.2, 0.25) is 5.91 Å². The molecule has 1 heterocycles. The standard InChI is InChI=1S/C21H22Cl2N2O3/c22-16-5-7-18(8-6-16)28-14-21(12-19(24)26)9-2-10-25(13-21)20(27)15-3-1-4-17(23)11-15/h1,3-8,11H,2,9-10,12-14H2,(H2,24,26)/t21-/m0/s1. The van der Waals surface area contributed by atoms with Gasteiger partial charge in [-0.15, -0.1) is 0 Å². The average Bonchev–Trinajstić information content (AvgIpc) is 2.67. The van der Waals surface area contributed by atoms with Crippen LogP contribution >= 0.6 is 23.2 Å². The summed E-state index contributed by atoms with van der Waals surface area (Å²) in [6.07, 6.45) is 1.67. The van der Waals surface area contributed by atoms with E-state index in [1.807, 2.05) is 0 Å². The van der Waals surface area contributed by atoms with Gasteiger partial charge in [0.25, 0.3) is 5.91 Å². The van der Waals surface area contributed by atoms with E-state index in [1.54, 1.807) is 53.4 Å². The first kappa shape index (κ1) is 20.5. The molecule has 1 aliphatic rings. The van der Waals surface area contributed by atoms with Gasteiger partial charge in [0, 0.05) is 40.5 Å². The van der Waals surface area contributed by atoms with Gasteiger partial charge in [-0.2, -0.15) is 0 Å². The van der Waals surface area contributed by atoms with E-state index < -0.39 is 11.3 Å². The number of nitrogens with two attached hydrogens (primary N) is 1. The number of hydrogen-bond acceptors (Lipinski definition) is 3. The predicted octanol–water partition coefficient (Wildman–Crippen LogP) is 4.17. The smallest absolute Gasteiger partial charge is 0.253 e. The minimum atomic E-state index is -0.530. The van der Waals surface area contributed by atoms with Gasteiger partial charge in [0.05, 0.1) is 6.61 Å². The Hall–Kier alpha value is -2.24. The number of carbonyl (C=O) groups excluding carboxylic acids is 2. The van der Waals surface area contributed by atoms with Crippen molar-refractivity contribution in [3.8, 4) is 5.75 Å². The lowest BCUT2D eigenvalue weighted by molar-refractivity contribution is -0.122. The molecular formula is C21H22Cl2N2O3. The quantitative estimate of drug-likeness (QED) is 0.761. The number of halogens is 2. The number of rotatable bonds is 6. The van der Waals surface area contributed by atoms with Gasteiger partial charge in [-0.3, -0.25) is 9.59 Å². The Morgan fingerprint density at radius 3 is 2.54 bits per heavy atom. The minimum Gasteiger partial charge on any atom is -0.493 e. The molecular weight excluding hydrogens is 399 g/mol. The van der Waals surface area contributed by atoms with E-state index in [4.69, 9.17) is 33.7 Å². The number of benzene rings is 2. The van der Waals surface area contributed by atoms with Crippen LogP contribution < -0.4 is 10.5 Å². The summed E-state index contributed by atoms with van der Waals surface area (Å²) in [5.41, 5.74) is 5.52. The number of ether oxygens (including phenoxy) is 1. The van der Waals surface area contributed by atoms with Crippen LogP contribution in [0.2, 0.25) is 10.0 Å². The SMILES string of the molecule is NC(=O)C[C@@]1(COc2ccc(Cl)cc2)CCCN(C(=O)c2cccc(Cl)c2)C1. The summed E-state index contributed by atoms with van der Waals surface area (Å²) in [5, 5.41) is 1.13. The molecule has 0 aliphatic carbocycles. The molecule has 0 radical (unpaired) electrons. The Kier molecular flexibility index (Phi) is 6.47. The molecule has 3 rings (SSSR count). The number of likely N-dealkylation sites (tertiary alicyclic amines) is 1. The molecule has 1 saturated heterocycles. The number of piperidine rings is 1. The summed E-state index contributed by atoms with van der Waals surface area (Å²) in [7, 11) is 0. The Balaban J connectivity index is 1.76. The second-order valence-electron chi connectivity index (χ2n) is 7.23. The summed E-state index contributed by atoms with van der Waals surface area (Å²) in [4.78, 5) is 26.4. The average molecular weight is 421 g/mol. The van der Waals surface area contributed by atoms with Crippen molar-refractivity contribution < 1.29 is 14.3 Å². The van der Waals surface area contributed by atoms with Crippen molar-refractivity contribution in [2.45, 2.75) is 19.3 Å². The van der Waals surface area contributed by atoms with Gasteiger partial charge in [-0.05, 0) is 55.3 Å². The highest BCUT2D eigenvalue weighted by Gasteiger charge is 2.39. The molecule has 2 aromatic rings. The highest BCUT2D eigenvalue weighted by Crippen LogP contribution is 2.35. The number of primary amides is 1. The first-order valence-corrected chi connectivity index (χ1v) is 9.84. The number of nitrogens with zero attached hydrogens (tertiary/aromatic N) is 1. The zero-order valence-electron chi connectivity index (χ0n) is 15.4. The van der Waals surface area contributed by atoms with Gasteiger partial charge >= 0.3 is 0 Å². The second-order valence-corrected chi connectivity index (χ2v) is 8.10. The minimum absolute atomic E-state index is 0.109. The second kappa shape index (κ2) is 8.84. The molecule has 148 valence electrons. The fourth-order valence-corrected chi connectivity index (χ4v) is 3.95. The first-order valence-electron chi connectivity index (χ1n) is 9.08. The van der Waals surface area contributed by atoms with E-state index in [1.165, 1.54) is 0 Å². The van der Waals surface area contributed by atoms with Gasteiger partial charge in [0.15, 0.2) is 0 Å². The number of carbonyl (C=O) groups is 2. The van der Waals surface area contributed by atoms with Crippen LogP contribution in [0.3, 0.4) is 0 Å². The first-order chi connectivity index (χ1) is 13.4. The number of amides is 2. The maximum Gasteiger partial charge on any atom is 0.253 e. The van der Waals surface area contributed by atoms with Crippen molar-refractivity contribution in [1.29, 1.82) is 0 Å². The summed E-state index contributed by atoms with van der Waals surface area (Å²) < 4.78 is 5.93. The monoisotopic (exact) mass is 420 g/mol. The van der Waals surface area contributed by atoms with Crippen LogP contribution in [0, 0.1) is 5.41 Å². The van der Waals surface area contributed by atoms with E-state index in [2.05, 4.69) is 0 Å². The Bertz CT molecular complexity index is 857. The van der Waals surface area contributed by atoms with E-state index in [-0.39, 0.29) is 18.9 Å². The normalized spacial score (nSPS) is 19.3. The van der Waals surface area contributed by atoms with Crippen molar-refractivity contribution in [2.24, 2.45) is 11.1 Å². The van der Waals surface area contributed by atoms with Gasteiger partial charge in [0.1, 0.15) is 5.75 Å². The van der Waals surface area contributed by atoms with Crippen molar-refractivity contribution in [2.75, 3.05) is 19.7 Å². The van der Waals surface area contributed by atoms with Crippen LogP contribution in [0.15, 0.2) is 48.5 Å². The molecule has 1 aliphatic heterocycles. The summed E-state index contributed by atoms with van der Waals surface area (Å²) >= 11 is 11.9. The van der Waals surface area contributed by atoms with Crippen molar-refractivity contribution in [3.63, 3.8) is 0 Å². The van der Waals surface area contributed by atoms with E-state index >= 15 is 0 Å². The van der Waals surface area contributed by atoms with Gasteiger partial charge < -0.3 is 15.4 Å². The molecule has 7 heteroatoms. The Morgan fingerprint density at radius 2 is 1.86 bits per heavy atom. The topological polar surface area (TPSA) is 72.6 Å². The largest absolute Gasteiger partial charge is 0.493 e. The fraction of sp³-hybridized carbons (Fsp3) is 0.333. The molecule has 0 spiro atoms. The third-order valence-corrected chi connectivity index (χ3v) is 5.42. The number of hydrogen-bond donors (Lipinski definition) is 1. The fourth-order valence-electron chi connectivity index (χ4n) is 3.64. The lowest BCUT2D eigenvalue weighted by Gasteiger charge is -2.42. The predicted molar refractivity (Wildman–Crippen MR) is 110 cm³/mol. The van der Waals surface area contributed by atoms with E-state index in [0.717, 1.165) is 12.8 Å².